The van der Waals surface area contributed by atoms with Crippen LogP contribution in [0.25, 0.3) is 21.3 Å². The van der Waals surface area contributed by atoms with Gasteiger partial charge in [0.25, 0.3) is 0 Å². The molecule has 0 aromatic heterocycles. The van der Waals surface area contributed by atoms with Crippen LogP contribution < -0.4 is 0 Å². The summed E-state index contributed by atoms with van der Waals surface area (Å²) in [6.45, 7) is 26.2. The van der Waals surface area contributed by atoms with Crippen LogP contribution >= 0.6 is 0 Å². The minimum absolute atomic E-state index is 0. The second-order valence-corrected chi connectivity index (χ2v) is 9.64. The van der Waals surface area contributed by atoms with Gasteiger partial charge in [0.05, 0.1) is 0 Å². The Kier molecular flexibility index (Phi) is 19.2. The molecule has 27 heavy (non-hydrogen) atoms. The molecular formula is C22H48CoN4-4. The molecule has 0 rings (SSSR count). The molecule has 0 aliphatic heterocycles. The van der Waals surface area contributed by atoms with Crippen LogP contribution in [0.15, 0.2) is 0 Å². The maximum Gasteiger partial charge on any atom is 0 e. The van der Waals surface area contributed by atoms with Gasteiger partial charge in [-0.3, -0.25) is 6.67 Å². The Labute approximate surface area is 182 Å². The molecule has 2 atom stereocenters. The minimum Gasteiger partial charge on any atom is -0.676 e. The van der Waals surface area contributed by atoms with Crippen molar-refractivity contribution in [2.24, 2.45) is 0 Å². The molecule has 0 fully saturated rings. The summed E-state index contributed by atoms with van der Waals surface area (Å²) in [7, 11) is 0. The second-order valence-electron chi connectivity index (χ2n) is 9.64. The molecule has 0 amide bonds. The van der Waals surface area contributed by atoms with Gasteiger partial charge in [0.1, 0.15) is 0 Å². The quantitative estimate of drug-likeness (QED) is 0.342. The van der Waals surface area contributed by atoms with Crippen LogP contribution in [0.5, 0.6) is 0 Å². The summed E-state index contributed by atoms with van der Waals surface area (Å²) < 4.78 is 0. The maximum absolute atomic E-state index is 4.73. The summed E-state index contributed by atoms with van der Waals surface area (Å²) in [6, 6.07) is 1.90. The van der Waals surface area contributed by atoms with Crippen molar-refractivity contribution in [3.05, 3.63) is 21.3 Å². The summed E-state index contributed by atoms with van der Waals surface area (Å²) in [5.41, 5.74) is 0.101. The summed E-state index contributed by atoms with van der Waals surface area (Å²) >= 11 is 0. The second kappa shape index (κ2) is 16.2. The fourth-order valence-electron chi connectivity index (χ4n) is 2.28. The molecule has 0 aromatic rings. The Bertz CT molecular complexity index is 289. The first-order valence-corrected chi connectivity index (χ1v) is 10.5. The smallest absolute Gasteiger partial charge is 0 e. The average Bonchev–Trinajstić information content (AvgIpc) is 2.42. The third-order valence-electron chi connectivity index (χ3n) is 3.59. The van der Waals surface area contributed by atoms with E-state index < -0.39 is 0 Å². The molecule has 0 N–H and O–H groups in total. The molecular weight excluding hydrogens is 379 g/mol. The first-order valence-electron chi connectivity index (χ1n) is 10.5. The van der Waals surface area contributed by atoms with E-state index in [1.54, 1.807) is 0 Å². The third kappa shape index (κ3) is 26.3. The van der Waals surface area contributed by atoms with Gasteiger partial charge in [0, 0.05) is 16.8 Å². The third-order valence-corrected chi connectivity index (χ3v) is 3.59. The minimum atomic E-state index is 0. The first-order chi connectivity index (χ1) is 11.7. The van der Waals surface area contributed by atoms with E-state index in [0.717, 1.165) is 19.3 Å². The predicted octanol–water partition coefficient (Wildman–Crippen LogP) is 7.78. The molecule has 0 saturated heterocycles. The van der Waals surface area contributed by atoms with Crippen molar-refractivity contribution in [3.8, 4) is 0 Å². The van der Waals surface area contributed by atoms with Crippen LogP contribution in [-0.4, -0.2) is 41.9 Å². The van der Waals surface area contributed by atoms with Gasteiger partial charge in [0.15, 0.2) is 0 Å². The molecule has 0 heterocycles. The molecule has 0 spiro atoms. The van der Waals surface area contributed by atoms with Gasteiger partial charge in [-0.2, -0.15) is 0 Å². The van der Waals surface area contributed by atoms with Crippen molar-refractivity contribution < 1.29 is 16.8 Å². The molecule has 0 bridgehead atoms. The van der Waals surface area contributed by atoms with E-state index in [1.807, 2.05) is 0 Å². The fourth-order valence-corrected chi connectivity index (χ4v) is 2.28. The van der Waals surface area contributed by atoms with E-state index in [0.29, 0.717) is 30.8 Å². The Morgan fingerprint density at radius 1 is 0.630 bits per heavy atom. The van der Waals surface area contributed by atoms with Crippen LogP contribution in [-0.2, 0) is 16.8 Å². The topological polar surface area (TPSA) is 56.4 Å². The number of rotatable bonds is 10. The van der Waals surface area contributed by atoms with Gasteiger partial charge in [-0.25, -0.2) is 0 Å². The van der Waals surface area contributed by atoms with Crippen LogP contribution in [0.1, 0.15) is 102 Å². The standard InChI is InChI=1S/C13H28N2.C9H20N2.Co/c1-7-12(14-10(3)4)9-13(8-2)15-11(5)6;1-8(2,3)10-7-11-9(4,5)6;/h10-13H,7-9H2,1-6H3;7H2,1-6H3;/q2*-2;. The van der Waals surface area contributed by atoms with Crippen molar-refractivity contribution in [1.82, 2.24) is 0 Å². The van der Waals surface area contributed by atoms with Crippen molar-refractivity contribution >= 4 is 0 Å². The summed E-state index contributed by atoms with van der Waals surface area (Å²) in [5, 5.41) is 18.2. The Morgan fingerprint density at radius 3 is 1.11 bits per heavy atom. The Hall–Kier alpha value is 0.346. The summed E-state index contributed by atoms with van der Waals surface area (Å²) in [6.07, 6.45) is 3.41. The van der Waals surface area contributed by atoms with Crippen molar-refractivity contribution in [3.63, 3.8) is 0 Å². The molecule has 4 nitrogen and oxygen atoms in total. The predicted molar refractivity (Wildman–Crippen MR) is 121 cm³/mol. The normalized spacial score (nSPS) is 14.4. The van der Waals surface area contributed by atoms with E-state index in [-0.39, 0.29) is 27.9 Å². The van der Waals surface area contributed by atoms with Gasteiger partial charge >= 0.3 is 0 Å². The van der Waals surface area contributed by atoms with Crippen LogP contribution in [0.3, 0.4) is 0 Å². The zero-order chi connectivity index (χ0) is 21.0. The van der Waals surface area contributed by atoms with Crippen molar-refractivity contribution in [1.29, 1.82) is 0 Å². The summed E-state index contributed by atoms with van der Waals surface area (Å²) in [4.78, 5) is 0. The van der Waals surface area contributed by atoms with E-state index in [2.05, 4.69) is 93.7 Å². The molecule has 0 aliphatic rings. The van der Waals surface area contributed by atoms with Gasteiger partial charge in [-0.1, -0.05) is 102 Å². The number of hydrogen-bond acceptors (Lipinski definition) is 0. The van der Waals surface area contributed by atoms with E-state index in [4.69, 9.17) is 10.6 Å². The van der Waals surface area contributed by atoms with Crippen molar-refractivity contribution in [2.45, 2.75) is 138 Å². The fraction of sp³-hybridized carbons (Fsp3) is 1.00. The average molecular weight is 428 g/mol. The van der Waals surface area contributed by atoms with Gasteiger partial charge in [-0.15, -0.1) is 35.2 Å². The maximum atomic E-state index is 4.73. The molecule has 2 unspecified atom stereocenters. The van der Waals surface area contributed by atoms with Gasteiger partial charge < -0.3 is 21.3 Å². The summed E-state index contributed by atoms with van der Waals surface area (Å²) in [5.74, 6) is 0. The molecule has 0 saturated carbocycles. The van der Waals surface area contributed by atoms with Crippen molar-refractivity contribution in [2.75, 3.05) is 6.67 Å². The SMILES string of the molecule is CC(C)(C)[N-]C[N-]C(C)(C)C.CCC(CC(CC)[N-]C(C)C)[N-]C(C)C.[Co]. The zero-order valence-electron chi connectivity index (χ0n) is 20.3. The molecule has 0 aromatic carbocycles. The molecule has 0 aliphatic carbocycles. The van der Waals surface area contributed by atoms with Crippen LogP contribution in [0.2, 0.25) is 0 Å². The molecule has 1 radical (unpaired) electrons. The zero-order valence-corrected chi connectivity index (χ0v) is 21.3. The Morgan fingerprint density at radius 2 is 0.926 bits per heavy atom. The van der Waals surface area contributed by atoms with Crippen LogP contribution in [0, 0.1) is 0 Å². The van der Waals surface area contributed by atoms with Crippen LogP contribution in [0.4, 0.5) is 0 Å². The Balaban J connectivity index is -0.000000430. The van der Waals surface area contributed by atoms with Gasteiger partial charge in [-0.05, 0) is 0 Å². The molecule has 169 valence electrons. The monoisotopic (exact) mass is 427 g/mol. The van der Waals surface area contributed by atoms with E-state index in [9.17, 15) is 0 Å². The van der Waals surface area contributed by atoms with E-state index >= 15 is 0 Å². The first kappa shape index (κ1) is 32.0. The largest absolute Gasteiger partial charge is 0.676 e. The van der Waals surface area contributed by atoms with E-state index in [1.165, 1.54) is 0 Å². The number of nitrogens with zero attached hydrogens (tertiary/aromatic N) is 4. The van der Waals surface area contributed by atoms with Gasteiger partial charge in [0.2, 0.25) is 0 Å². The number of hydrogen-bond donors (Lipinski definition) is 0. The molecule has 5 heteroatoms.